The standard InChI is InChI=1S/C31H59N7O9/c1-4-13-23(28(42)43)37-30(46)35-18-11-7-5-6-10-17-34-25(27(41)22(2)3)20-33-21-32-16-9-8-12-19-36-31(47)38-24(29(44)45)14-15-26(39)40/h22-25,32-34H,4-21H2,1-3H3,(H,39,40)(H,42,43)(H,44,45)(H2,35,37,46)(H2,36,38,47). The third-order valence-electron chi connectivity index (χ3n) is 7.29. The number of hydrogen-bond donors (Lipinski definition) is 10. The molecule has 0 bridgehead atoms. The Balaban J connectivity index is 3.98. The number of carboxylic acid groups (broad SMARTS) is 3. The van der Waals surface area contributed by atoms with Crippen molar-refractivity contribution >= 4 is 35.8 Å². The Hall–Kier alpha value is -3.50. The van der Waals surface area contributed by atoms with E-state index in [1.54, 1.807) is 0 Å². The van der Waals surface area contributed by atoms with Crippen molar-refractivity contribution in [3.05, 3.63) is 0 Å². The van der Waals surface area contributed by atoms with E-state index in [1.165, 1.54) is 0 Å². The molecule has 10 N–H and O–H groups in total. The van der Waals surface area contributed by atoms with Crippen molar-refractivity contribution in [3.8, 4) is 0 Å². The summed E-state index contributed by atoms with van der Waals surface area (Å²) in [6, 6.07) is -3.51. The molecule has 16 nitrogen and oxygen atoms in total. The Morgan fingerprint density at radius 3 is 1.60 bits per heavy atom. The molecule has 16 heteroatoms. The maximum absolute atomic E-state index is 12.7. The van der Waals surface area contributed by atoms with Crippen molar-refractivity contribution in [1.82, 2.24) is 37.2 Å². The van der Waals surface area contributed by atoms with Crippen LogP contribution in [-0.2, 0) is 19.2 Å². The number of unbranched alkanes of at least 4 members (excludes halogenated alkanes) is 6. The molecule has 272 valence electrons. The predicted molar refractivity (Wildman–Crippen MR) is 177 cm³/mol. The lowest BCUT2D eigenvalue weighted by atomic mass is 10.0. The zero-order valence-corrected chi connectivity index (χ0v) is 28.3. The second-order valence-electron chi connectivity index (χ2n) is 11.8. The Morgan fingerprint density at radius 2 is 1.09 bits per heavy atom. The van der Waals surface area contributed by atoms with Gasteiger partial charge in [-0.25, -0.2) is 19.2 Å². The van der Waals surface area contributed by atoms with E-state index in [0.29, 0.717) is 45.6 Å². The van der Waals surface area contributed by atoms with Gasteiger partial charge in [0.05, 0.1) is 6.04 Å². The number of urea groups is 2. The maximum Gasteiger partial charge on any atom is 0.326 e. The van der Waals surface area contributed by atoms with Gasteiger partial charge in [0.25, 0.3) is 0 Å². The molecule has 0 radical (unpaired) electrons. The molecule has 4 amide bonds. The minimum atomic E-state index is -1.28. The predicted octanol–water partition coefficient (Wildman–Crippen LogP) is 1.60. The van der Waals surface area contributed by atoms with Crippen LogP contribution in [0.5, 0.6) is 0 Å². The summed E-state index contributed by atoms with van der Waals surface area (Å²) in [5, 5.41) is 46.9. The maximum atomic E-state index is 12.7. The highest BCUT2D eigenvalue weighted by atomic mass is 16.4. The van der Waals surface area contributed by atoms with Gasteiger partial charge in [-0.3, -0.25) is 9.59 Å². The summed E-state index contributed by atoms with van der Waals surface area (Å²) in [4.78, 5) is 69.3. The molecular formula is C31H59N7O9. The van der Waals surface area contributed by atoms with Gasteiger partial charge >= 0.3 is 30.0 Å². The first-order valence-electron chi connectivity index (χ1n) is 16.8. The van der Waals surface area contributed by atoms with E-state index in [-0.39, 0.29) is 30.6 Å². The average molecular weight is 674 g/mol. The number of Topliss-reactive ketones (excluding diaryl/α,β-unsaturated/α-hetero) is 1. The van der Waals surface area contributed by atoms with Crippen molar-refractivity contribution in [1.29, 1.82) is 0 Å². The smallest absolute Gasteiger partial charge is 0.326 e. The molecule has 0 saturated heterocycles. The summed E-state index contributed by atoms with van der Waals surface area (Å²) < 4.78 is 0. The van der Waals surface area contributed by atoms with Gasteiger partial charge in [-0.2, -0.15) is 0 Å². The van der Waals surface area contributed by atoms with Gasteiger partial charge in [-0.05, 0) is 51.6 Å². The summed E-state index contributed by atoms with van der Waals surface area (Å²) in [6.45, 7) is 9.00. The van der Waals surface area contributed by atoms with Crippen molar-refractivity contribution < 1.29 is 44.1 Å². The summed E-state index contributed by atoms with van der Waals surface area (Å²) in [5.74, 6) is -3.38. The normalized spacial score (nSPS) is 12.9. The second-order valence-corrected chi connectivity index (χ2v) is 11.8. The first-order valence-corrected chi connectivity index (χ1v) is 16.8. The Bertz CT molecular complexity index is 937. The minimum Gasteiger partial charge on any atom is -0.481 e. The minimum absolute atomic E-state index is 0.0878. The van der Waals surface area contributed by atoms with Gasteiger partial charge in [0.15, 0.2) is 5.78 Å². The van der Waals surface area contributed by atoms with Crippen LogP contribution in [0.2, 0.25) is 0 Å². The largest absolute Gasteiger partial charge is 0.481 e. The fourth-order valence-corrected chi connectivity index (χ4v) is 4.57. The SMILES string of the molecule is CCCC(NC(=O)NCCCCCCCNC(CNCNCCCCCNC(=O)NC(CCC(=O)O)C(=O)O)C(=O)C(C)C)C(=O)O. The Kier molecular flexibility index (Phi) is 25.5. The molecule has 0 aromatic rings. The molecule has 0 aromatic carbocycles. The van der Waals surface area contributed by atoms with E-state index >= 15 is 0 Å². The van der Waals surface area contributed by atoms with Crippen LogP contribution in [-0.4, -0.2) is 109 Å². The van der Waals surface area contributed by atoms with Crippen molar-refractivity contribution in [2.75, 3.05) is 39.4 Å². The number of rotatable bonds is 30. The molecule has 47 heavy (non-hydrogen) atoms. The molecule has 0 spiro atoms. The second kappa shape index (κ2) is 27.6. The van der Waals surface area contributed by atoms with E-state index in [9.17, 15) is 28.8 Å². The monoisotopic (exact) mass is 673 g/mol. The summed E-state index contributed by atoms with van der Waals surface area (Å²) >= 11 is 0. The number of amides is 4. The van der Waals surface area contributed by atoms with E-state index < -0.39 is 42.1 Å². The molecule has 0 heterocycles. The Labute approximate surface area is 278 Å². The van der Waals surface area contributed by atoms with Gasteiger partial charge in [0, 0.05) is 38.6 Å². The number of carbonyl (C=O) groups is 6. The zero-order valence-electron chi connectivity index (χ0n) is 28.3. The van der Waals surface area contributed by atoms with Gasteiger partial charge in [0.2, 0.25) is 0 Å². The first kappa shape index (κ1) is 43.5. The number of nitrogens with one attached hydrogen (secondary N) is 7. The first-order chi connectivity index (χ1) is 22.4. The van der Waals surface area contributed by atoms with Crippen LogP contribution in [0.25, 0.3) is 0 Å². The number of ketones is 1. The van der Waals surface area contributed by atoms with E-state index in [2.05, 4.69) is 37.2 Å². The van der Waals surface area contributed by atoms with Crippen LogP contribution in [0, 0.1) is 5.92 Å². The lowest BCUT2D eigenvalue weighted by Crippen LogP contribution is -2.48. The molecule has 3 unspecified atom stereocenters. The van der Waals surface area contributed by atoms with Crippen LogP contribution < -0.4 is 37.2 Å². The van der Waals surface area contributed by atoms with Crippen molar-refractivity contribution in [3.63, 3.8) is 0 Å². The van der Waals surface area contributed by atoms with E-state index in [0.717, 1.165) is 58.0 Å². The lowest BCUT2D eigenvalue weighted by molar-refractivity contribution is -0.141. The fraction of sp³-hybridized carbons (Fsp3) is 0.806. The topological polar surface area (TPSA) is 247 Å². The van der Waals surface area contributed by atoms with E-state index in [1.807, 2.05) is 20.8 Å². The third kappa shape index (κ3) is 24.4. The highest BCUT2D eigenvalue weighted by Crippen LogP contribution is 2.04. The molecule has 0 fully saturated rings. The molecular weight excluding hydrogens is 614 g/mol. The van der Waals surface area contributed by atoms with Crippen molar-refractivity contribution in [2.45, 2.75) is 116 Å². The fourth-order valence-electron chi connectivity index (χ4n) is 4.57. The summed E-state index contributed by atoms with van der Waals surface area (Å²) in [7, 11) is 0. The summed E-state index contributed by atoms with van der Waals surface area (Å²) in [5.41, 5.74) is 0. The zero-order chi connectivity index (χ0) is 35.5. The molecule has 0 aliphatic rings. The van der Waals surface area contributed by atoms with Gasteiger partial charge < -0.3 is 52.5 Å². The third-order valence-corrected chi connectivity index (χ3v) is 7.29. The highest BCUT2D eigenvalue weighted by Gasteiger charge is 2.21. The van der Waals surface area contributed by atoms with Gasteiger partial charge in [-0.1, -0.05) is 52.9 Å². The van der Waals surface area contributed by atoms with Crippen LogP contribution in [0.4, 0.5) is 9.59 Å². The van der Waals surface area contributed by atoms with Crippen LogP contribution >= 0.6 is 0 Å². The number of aliphatic carboxylic acids is 3. The van der Waals surface area contributed by atoms with Crippen LogP contribution in [0.1, 0.15) is 97.8 Å². The quantitative estimate of drug-likeness (QED) is 0.0386. The Morgan fingerprint density at radius 1 is 0.596 bits per heavy atom. The van der Waals surface area contributed by atoms with Crippen LogP contribution in [0.3, 0.4) is 0 Å². The number of carboxylic acids is 3. The highest BCUT2D eigenvalue weighted by molar-refractivity contribution is 5.86. The van der Waals surface area contributed by atoms with Crippen LogP contribution in [0.15, 0.2) is 0 Å². The molecule has 0 rings (SSSR count). The number of hydrogen-bond acceptors (Lipinski definition) is 9. The molecule has 0 saturated carbocycles. The number of carbonyl (C=O) groups excluding carboxylic acids is 3. The van der Waals surface area contributed by atoms with Gasteiger partial charge in [-0.15, -0.1) is 0 Å². The molecule has 0 aliphatic carbocycles. The van der Waals surface area contributed by atoms with Gasteiger partial charge in [0.1, 0.15) is 12.1 Å². The lowest BCUT2D eigenvalue weighted by Gasteiger charge is -2.20. The molecule has 3 atom stereocenters. The average Bonchev–Trinajstić information content (AvgIpc) is 3.01. The molecule has 0 aromatic heterocycles. The summed E-state index contributed by atoms with van der Waals surface area (Å²) in [6.07, 6.45) is 7.57. The molecule has 0 aliphatic heterocycles. The van der Waals surface area contributed by atoms with Crippen molar-refractivity contribution in [2.24, 2.45) is 5.92 Å². The van der Waals surface area contributed by atoms with E-state index in [4.69, 9.17) is 15.3 Å².